The molecule has 0 rings (SSSR count). The first kappa shape index (κ1) is 31.7. The Morgan fingerprint density at radius 3 is 1.60 bits per heavy atom. The van der Waals surface area contributed by atoms with Crippen LogP contribution in [0.5, 0.6) is 0 Å². The van der Waals surface area contributed by atoms with Gasteiger partial charge in [0.15, 0.2) is 0 Å². The molecule has 128 valence electrons. The van der Waals surface area contributed by atoms with Gasteiger partial charge in [-0.25, -0.2) is 0 Å². The van der Waals surface area contributed by atoms with Gasteiger partial charge in [-0.2, -0.15) is 0 Å². The molecule has 4 nitrogen and oxygen atoms in total. The molecule has 0 atom stereocenters. The lowest BCUT2D eigenvalue weighted by atomic mass is 9.89. The van der Waals surface area contributed by atoms with Crippen molar-refractivity contribution < 1.29 is 4.79 Å². The van der Waals surface area contributed by atoms with Gasteiger partial charge in [-0.3, -0.25) is 14.6 Å². The van der Waals surface area contributed by atoms with Crippen molar-refractivity contribution in [1.82, 2.24) is 14.7 Å². The molecule has 0 heterocycles. The number of hydrogen-bond acceptors (Lipinski definition) is 3. The Labute approximate surface area is 130 Å². The summed E-state index contributed by atoms with van der Waals surface area (Å²) in [4.78, 5) is 18.1. The number of rotatable bonds is 6. The maximum Gasteiger partial charge on any atom is 0.228 e. The maximum atomic E-state index is 12.1. The van der Waals surface area contributed by atoms with Crippen LogP contribution in [0.25, 0.3) is 0 Å². The van der Waals surface area contributed by atoms with Crippen molar-refractivity contribution in [2.75, 3.05) is 41.5 Å². The third-order valence-electron chi connectivity index (χ3n) is 2.79. The molecule has 0 bridgehead atoms. The highest BCUT2D eigenvalue weighted by molar-refractivity contribution is 5.81. The minimum Gasteiger partial charge on any atom is -0.332 e. The lowest BCUT2D eigenvalue weighted by molar-refractivity contribution is -0.141. The van der Waals surface area contributed by atoms with Gasteiger partial charge in [-0.05, 0) is 27.6 Å². The summed E-state index contributed by atoms with van der Waals surface area (Å²) in [5, 5.41) is 0. The first-order valence-electron chi connectivity index (χ1n) is 5.79. The average Bonchev–Trinajstić information content (AvgIpc) is 2.14. The molecule has 1 amide bonds. The van der Waals surface area contributed by atoms with E-state index in [4.69, 9.17) is 0 Å². The summed E-state index contributed by atoms with van der Waals surface area (Å²) >= 11 is 0. The molecule has 0 aromatic carbocycles. The Balaban J connectivity index is -0.000000187. The van der Waals surface area contributed by atoms with E-state index in [2.05, 4.69) is 16.7 Å². The molecule has 0 spiro atoms. The van der Waals surface area contributed by atoms with Crippen LogP contribution in [0.3, 0.4) is 0 Å². The molecule has 0 saturated carbocycles. The molecule has 0 aliphatic rings. The van der Waals surface area contributed by atoms with Gasteiger partial charge in [0.25, 0.3) is 0 Å². The fourth-order valence-electron chi connectivity index (χ4n) is 1.62. The summed E-state index contributed by atoms with van der Waals surface area (Å²) in [6.45, 7) is 7.56. The van der Waals surface area contributed by atoms with Crippen LogP contribution in [-0.4, -0.2) is 62.1 Å². The van der Waals surface area contributed by atoms with Crippen molar-refractivity contribution in [3.05, 3.63) is 0 Å². The minimum absolute atomic E-state index is 0. The van der Waals surface area contributed by atoms with Gasteiger partial charge in [0, 0.05) is 12.5 Å². The topological polar surface area (TPSA) is 26.8 Å². The first-order chi connectivity index (χ1) is 7.20. The van der Waals surface area contributed by atoms with E-state index in [9.17, 15) is 4.79 Å². The van der Waals surface area contributed by atoms with Crippen LogP contribution in [0.1, 0.15) is 56.9 Å². The summed E-state index contributed by atoms with van der Waals surface area (Å²) in [5.41, 5.74) is -0.256. The van der Waals surface area contributed by atoms with Crippen molar-refractivity contribution in [3.63, 3.8) is 0 Å². The van der Waals surface area contributed by atoms with Crippen molar-refractivity contribution >= 4 is 5.91 Å². The average molecular weight is 294 g/mol. The molecular formula is C16H43N3O. The van der Waals surface area contributed by atoms with E-state index in [1.54, 1.807) is 4.90 Å². The quantitative estimate of drug-likeness (QED) is 0.696. The molecule has 0 saturated heterocycles. The summed E-state index contributed by atoms with van der Waals surface area (Å²) < 4.78 is 0. The summed E-state index contributed by atoms with van der Waals surface area (Å²) in [5.74, 6) is 0.209. The highest BCUT2D eigenvalue weighted by Crippen LogP contribution is 2.22. The van der Waals surface area contributed by atoms with Crippen LogP contribution in [0, 0.1) is 5.41 Å². The van der Waals surface area contributed by atoms with E-state index < -0.39 is 0 Å². The van der Waals surface area contributed by atoms with Crippen LogP contribution in [0.15, 0.2) is 0 Å². The third kappa shape index (κ3) is 11.2. The van der Waals surface area contributed by atoms with Crippen LogP contribution >= 0.6 is 0 Å². The Kier molecular flexibility index (Phi) is 21.2. The van der Waals surface area contributed by atoms with E-state index in [0.29, 0.717) is 6.67 Å². The van der Waals surface area contributed by atoms with Crippen molar-refractivity contribution in [2.24, 2.45) is 5.41 Å². The van der Waals surface area contributed by atoms with Crippen LogP contribution in [0.4, 0.5) is 0 Å². The van der Waals surface area contributed by atoms with Crippen molar-refractivity contribution in [2.45, 2.75) is 56.9 Å². The van der Waals surface area contributed by atoms with Crippen LogP contribution < -0.4 is 0 Å². The van der Waals surface area contributed by atoms with E-state index in [0.717, 1.165) is 13.1 Å². The van der Waals surface area contributed by atoms with Crippen LogP contribution in [0.2, 0.25) is 0 Å². The molecule has 0 aromatic heterocycles. The second-order valence-corrected chi connectivity index (χ2v) is 5.46. The highest BCUT2D eigenvalue weighted by atomic mass is 16.2. The van der Waals surface area contributed by atoms with E-state index >= 15 is 0 Å². The Morgan fingerprint density at radius 2 is 1.30 bits per heavy atom. The van der Waals surface area contributed by atoms with Gasteiger partial charge >= 0.3 is 0 Å². The largest absolute Gasteiger partial charge is 0.332 e. The molecular weight excluding hydrogens is 250 g/mol. The maximum absolute atomic E-state index is 12.1. The predicted molar refractivity (Wildman–Crippen MR) is 95.0 cm³/mol. The molecule has 0 fully saturated rings. The van der Waals surface area contributed by atoms with E-state index in [1.165, 1.54) is 0 Å². The predicted octanol–water partition coefficient (Wildman–Crippen LogP) is 3.83. The number of carbonyl (C=O) groups excluding carboxylic acids is 1. The normalized spacial score (nSPS) is 9.85. The Bertz CT molecular complexity index is 228. The third-order valence-corrected chi connectivity index (χ3v) is 2.79. The zero-order valence-corrected chi connectivity index (χ0v) is 11.9. The lowest BCUT2D eigenvalue weighted by Crippen LogP contribution is -2.45. The zero-order valence-electron chi connectivity index (χ0n) is 11.9. The first-order valence-corrected chi connectivity index (χ1v) is 5.79. The fourth-order valence-corrected chi connectivity index (χ4v) is 1.62. The molecule has 0 aliphatic heterocycles. The van der Waals surface area contributed by atoms with Gasteiger partial charge in [0.1, 0.15) is 0 Å². The minimum atomic E-state index is -0.256. The van der Waals surface area contributed by atoms with Gasteiger partial charge < -0.3 is 4.90 Å². The smallest absolute Gasteiger partial charge is 0.228 e. The van der Waals surface area contributed by atoms with Gasteiger partial charge in [0.05, 0.1) is 13.3 Å². The second-order valence-electron chi connectivity index (χ2n) is 5.46. The molecule has 0 N–H and O–H groups in total. The summed E-state index contributed by atoms with van der Waals surface area (Å²) in [6.07, 6.45) is 0.869. The number of carbonyl (C=O) groups is 1. The molecule has 0 unspecified atom stereocenters. The number of amides is 1. The van der Waals surface area contributed by atoms with E-state index in [-0.39, 0.29) is 41.0 Å². The second kappa shape index (κ2) is 13.4. The van der Waals surface area contributed by atoms with Crippen molar-refractivity contribution in [3.8, 4) is 0 Å². The van der Waals surface area contributed by atoms with Gasteiger partial charge in [-0.15, -0.1) is 0 Å². The van der Waals surface area contributed by atoms with Gasteiger partial charge in [-0.1, -0.05) is 50.5 Å². The molecule has 4 heteroatoms. The monoisotopic (exact) mass is 293 g/mol. The van der Waals surface area contributed by atoms with Gasteiger partial charge in [0.2, 0.25) is 5.91 Å². The SMILES string of the molecule is C.C.C.C.CCC(C)(C)C(=O)N(C)CN(C)CN(C)C. The Hall–Kier alpha value is -0.610. The molecule has 0 aromatic rings. The zero-order chi connectivity index (χ0) is 12.9. The van der Waals surface area contributed by atoms with Crippen LogP contribution in [-0.2, 0) is 4.79 Å². The standard InChI is InChI=1S/C12H27N3O.4CH4/c1-8-12(2,3)11(16)15(7)10-14(6)9-13(4)5;;;;/h8-10H2,1-7H3;4*1H4. The van der Waals surface area contributed by atoms with Crippen molar-refractivity contribution in [1.29, 1.82) is 0 Å². The van der Waals surface area contributed by atoms with E-state index in [1.807, 2.05) is 42.0 Å². The summed E-state index contributed by atoms with van der Waals surface area (Å²) in [7, 11) is 7.93. The summed E-state index contributed by atoms with van der Waals surface area (Å²) in [6, 6.07) is 0. The lowest BCUT2D eigenvalue weighted by Gasteiger charge is -2.32. The highest BCUT2D eigenvalue weighted by Gasteiger charge is 2.28. The molecule has 20 heavy (non-hydrogen) atoms. The Morgan fingerprint density at radius 1 is 0.900 bits per heavy atom. The number of hydrogen-bond donors (Lipinski definition) is 0. The molecule has 0 aliphatic carbocycles. The number of nitrogens with zero attached hydrogens (tertiary/aromatic N) is 3. The fraction of sp³-hybridized carbons (Fsp3) is 0.938. The molecule has 0 radical (unpaired) electrons.